The smallest absolute Gasteiger partial charge is 0.408 e. The number of nitrogens with zero attached hydrogens (tertiary/aromatic N) is 4. The van der Waals surface area contributed by atoms with Gasteiger partial charge in [0.15, 0.2) is 5.82 Å². The number of carbonyl (C=O) groups is 3. The predicted octanol–water partition coefficient (Wildman–Crippen LogP) is 3.02. The summed E-state index contributed by atoms with van der Waals surface area (Å²) in [6.07, 6.45) is 3.88. The molecule has 0 radical (unpaired) electrons. The molecule has 12 nitrogen and oxygen atoms in total. The maximum atomic E-state index is 15.3. The number of hydrogen-bond donors (Lipinski definition) is 4. The number of aliphatic hydroxyl groups excluding tert-OH is 1. The van der Waals surface area contributed by atoms with E-state index >= 15 is 4.39 Å². The Bertz CT molecular complexity index is 1520. The van der Waals surface area contributed by atoms with E-state index in [1.807, 2.05) is 0 Å². The number of amides is 3. The fraction of sp³-hybridized carbons (Fsp3) is 0.452. The van der Waals surface area contributed by atoms with Crippen LogP contribution < -0.4 is 16.0 Å². The molecule has 0 bridgehead atoms. The minimum Gasteiger partial charge on any atom is -0.444 e. The second-order valence-corrected chi connectivity index (χ2v) is 11.8. The third-order valence-corrected chi connectivity index (χ3v) is 7.12. The van der Waals surface area contributed by atoms with Crippen molar-refractivity contribution in [2.24, 2.45) is 7.05 Å². The van der Waals surface area contributed by atoms with Gasteiger partial charge in [-0.2, -0.15) is 5.10 Å². The summed E-state index contributed by atoms with van der Waals surface area (Å²) in [4.78, 5) is 44.8. The van der Waals surface area contributed by atoms with Gasteiger partial charge >= 0.3 is 6.09 Å². The average Bonchev–Trinajstić information content (AvgIpc) is 3.63. The number of anilines is 1. The van der Waals surface area contributed by atoms with E-state index in [0.29, 0.717) is 31.4 Å². The molecule has 1 fully saturated rings. The zero-order valence-corrected chi connectivity index (χ0v) is 25.8. The largest absolute Gasteiger partial charge is 0.444 e. The van der Waals surface area contributed by atoms with Gasteiger partial charge in [-0.25, -0.2) is 18.6 Å². The van der Waals surface area contributed by atoms with Crippen LogP contribution in [0.15, 0.2) is 42.7 Å². The molecule has 0 aliphatic carbocycles. The van der Waals surface area contributed by atoms with Crippen molar-refractivity contribution in [3.05, 3.63) is 65.5 Å². The Morgan fingerprint density at radius 3 is 2.64 bits per heavy atom. The molecule has 1 aliphatic heterocycles. The molecule has 3 heterocycles. The van der Waals surface area contributed by atoms with E-state index in [1.165, 1.54) is 27.9 Å². The van der Waals surface area contributed by atoms with Gasteiger partial charge in [-0.15, -0.1) is 0 Å². The summed E-state index contributed by atoms with van der Waals surface area (Å²) >= 11 is 0. The third kappa shape index (κ3) is 8.97. The van der Waals surface area contributed by atoms with E-state index in [-0.39, 0.29) is 36.0 Å². The number of aryl methyl sites for hydroxylation is 1. The van der Waals surface area contributed by atoms with Gasteiger partial charge in [0.1, 0.15) is 29.0 Å². The van der Waals surface area contributed by atoms with Crippen molar-refractivity contribution in [2.45, 2.75) is 57.7 Å². The Morgan fingerprint density at radius 1 is 1.20 bits per heavy atom. The van der Waals surface area contributed by atoms with Crippen LogP contribution in [0.3, 0.4) is 0 Å². The molecule has 14 heteroatoms. The minimum absolute atomic E-state index is 0.00741. The number of rotatable bonds is 11. The number of hydrogen-bond acceptors (Lipinski definition) is 8. The van der Waals surface area contributed by atoms with Gasteiger partial charge in [0.2, 0.25) is 5.91 Å². The maximum absolute atomic E-state index is 15.3. The van der Waals surface area contributed by atoms with Gasteiger partial charge in [-0.05, 0) is 63.8 Å². The van der Waals surface area contributed by atoms with E-state index in [1.54, 1.807) is 46.1 Å². The standard InChI is InChI=1S/C31H39F2N7O5/c1-31(2,3)45-30(44)37-25(18-41)29(43)40-12-6-9-22(40)16-35-28(42)23-14-24(33)26(20-15-36-39(4)17-20)38-27(23)34-11-10-19-7-5-8-21(32)13-19/h5,7-8,13-15,17,22,25,41H,6,9-12,16,18H2,1-4H3,(H,34,38)(H,35,42)(H,37,44)/t22-,25+/m1/s1. The zero-order valence-electron chi connectivity index (χ0n) is 25.8. The highest BCUT2D eigenvalue weighted by Gasteiger charge is 2.35. The van der Waals surface area contributed by atoms with Crippen molar-refractivity contribution in [2.75, 3.05) is 31.6 Å². The number of aliphatic hydroxyl groups is 1. The highest BCUT2D eigenvalue weighted by molar-refractivity contribution is 5.99. The quantitative estimate of drug-likeness (QED) is 0.253. The summed E-state index contributed by atoms with van der Waals surface area (Å²) in [7, 11) is 1.69. The van der Waals surface area contributed by atoms with Gasteiger partial charge in [0.05, 0.1) is 18.4 Å². The summed E-state index contributed by atoms with van der Waals surface area (Å²) in [5.74, 6) is -2.08. The number of nitrogens with one attached hydrogen (secondary N) is 3. The van der Waals surface area contributed by atoms with Gasteiger partial charge in [0, 0.05) is 44.5 Å². The lowest BCUT2D eigenvalue weighted by Gasteiger charge is -2.29. The molecular formula is C31H39F2N7O5. The lowest BCUT2D eigenvalue weighted by Crippen LogP contribution is -2.54. The van der Waals surface area contributed by atoms with Crippen molar-refractivity contribution in [1.29, 1.82) is 0 Å². The van der Waals surface area contributed by atoms with Crippen molar-refractivity contribution in [3.63, 3.8) is 0 Å². The summed E-state index contributed by atoms with van der Waals surface area (Å²) in [6, 6.07) is 5.59. The van der Waals surface area contributed by atoms with Crippen LogP contribution in [0.5, 0.6) is 0 Å². The zero-order chi connectivity index (χ0) is 32.7. The topological polar surface area (TPSA) is 151 Å². The van der Waals surface area contributed by atoms with E-state index < -0.39 is 48.0 Å². The van der Waals surface area contributed by atoms with Crippen molar-refractivity contribution < 1.29 is 33.0 Å². The fourth-order valence-corrected chi connectivity index (χ4v) is 5.04. The highest BCUT2D eigenvalue weighted by atomic mass is 19.1. The Balaban J connectivity index is 1.47. The molecule has 2 atom stereocenters. The van der Waals surface area contributed by atoms with E-state index in [2.05, 4.69) is 26.0 Å². The van der Waals surface area contributed by atoms with Crippen molar-refractivity contribution in [3.8, 4) is 11.3 Å². The molecule has 1 aromatic carbocycles. The molecule has 1 aliphatic rings. The first-order valence-corrected chi connectivity index (χ1v) is 14.7. The first-order chi connectivity index (χ1) is 21.3. The molecule has 2 aromatic heterocycles. The van der Waals surface area contributed by atoms with Crippen LogP contribution >= 0.6 is 0 Å². The molecule has 3 amide bonds. The summed E-state index contributed by atoms with van der Waals surface area (Å²) in [5.41, 5.74) is 0.332. The van der Waals surface area contributed by atoms with Gasteiger partial charge in [-0.1, -0.05) is 12.1 Å². The van der Waals surface area contributed by atoms with Crippen molar-refractivity contribution >= 4 is 23.7 Å². The second kappa shape index (κ2) is 14.5. The monoisotopic (exact) mass is 627 g/mol. The fourth-order valence-electron chi connectivity index (χ4n) is 5.04. The molecule has 242 valence electrons. The minimum atomic E-state index is -1.22. The number of halogens is 2. The molecule has 0 saturated carbocycles. The molecule has 0 unspecified atom stereocenters. The number of likely N-dealkylation sites (tertiary alicyclic amines) is 1. The molecule has 3 aromatic rings. The SMILES string of the molecule is Cn1cc(-c2nc(NCCc3cccc(F)c3)c(C(=O)NC[C@H]3CCCN3C(=O)[C@H](CO)NC(=O)OC(C)(C)C)cc2F)cn1. The number of ether oxygens (including phenoxy) is 1. The maximum Gasteiger partial charge on any atom is 0.408 e. The third-order valence-electron chi connectivity index (χ3n) is 7.12. The first-order valence-electron chi connectivity index (χ1n) is 14.7. The van der Waals surface area contributed by atoms with Gasteiger partial charge in [-0.3, -0.25) is 14.3 Å². The Labute approximate surface area is 260 Å². The highest BCUT2D eigenvalue weighted by Crippen LogP contribution is 2.26. The van der Waals surface area contributed by atoms with E-state index in [4.69, 9.17) is 4.74 Å². The van der Waals surface area contributed by atoms with Crippen LogP contribution in [0, 0.1) is 11.6 Å². The molecule has 1 saturated heterocycles. The van der Waals surface area contributed by atoms with E-state index in [0.717, 1.165) is 11.6 Å². The van der Waals surface area contributed by atoms with Crippen LogP contribution in [0.25, 0.3) is 11.3 Å². The molecule has 0 spiro atoms. The number of carbonyl (C=O) groups excluding carboxylic acids is 3. The van der Waals surface area contributed by atoms with Crippen molar-refractivity contribution in [1.82, 2.24) is 30.3 Å². The van der Waals surface area contributed by atoms with Gasteiger partial charge in [0.25, 0.3) is 5.91 Å². The summed E-state index contributed by atoms with van der Waals surface area (Å²) in [6.45, 7) is 5.11. The average molecular weight is 628 g/mol. The lowest BCUT2D eigenvalue weighted by molar-refractivity contribution is -0.135. The molecule has 4 rings (SSSR count). The molecule has 45 heavy (non-hydrogen) atoms. The van der Waals surface area contributed by atoms with Crippen LogP contribution in [0.2, 0.25) is 0 Å². The summed E-state index contributed by atoms with van der Waals surface area (Å²) in [5, 5.41) is 22.2. The number of pyridine rings is 1. The van der Waals surface area contributed by atoms with Crippen LogP contribution in [0.4, 0.5) is 19.4 Å². The Kier molecular flexibility index (Phi) is 10.7. The van der Waals surface area contributed by atoms with Crippen LogP contribution in [0.1, 0.15) is 49.5 Å². The number of benzene rings is 1. The summed E-state index contributed by atoms with van der Waals surface area (Å²) < 4.78 is 35.6. The Hall–Kier alpha value is -4.59. The van der Waals surface area contributed by atoms with E-state index in [9.17, 15) is 23.9 Å². The first kappa shape index (κ1) is 33.3. The number of aromatic nitrogens is 3. The lowest BCUT2D eigenvalue weighted by atomic mass is 10.1. The normalized spacial score (nSPS) is 15.4. The second-order valence-electron chi connectivity index (χ2n) is 11.8. The Morgan fingerprint density at radius 2 is 1.98 bits per heavy atom. The molecular weight excluding hydrogens is 588 g/mol. The predicted molar refractivity (Wildman–Crippen MR) is 162 cm³/mol. The van der Waals surface area contributed by atoms with Crippen LogP contribution in [-0.2, 0) is 23.0 Å². The van der Waals surface area contributed by atoms with Crippen LogP contribution in [-0.4, -0.2) is 86.6 Å². The van der Waals surface area contributed by atoms with Gasteiger partial charge < -0.3 is 30.7 Å². The number of alkyl carbamates (subject to hydrolysis) is 1. The molecule has 4 N–H and O–H groups in total.